The molecule has 3 heteroatoms. The summed E-state index contributed by atoms with van der Waals surface area (Å²) in [6.45, 7) is 1.98. The van der Waals surface area contributed by atoms with Gasteiger partial charge in [-0.3, -0.25) is 0 Å². The van der Waals surface area contributed by atoms with Gasteiger partial charge >= 0.3 is 0 Å². The van der Waals surface area contributed by atoms with Gasteiger partial charge in [-0.2, -0.15) is 5.26 Å². The van der Waals surface area contributed by atoms with E-state index >= 15 is 0 Å². The predicted octanol–water partition coefficient (Wildman–Crippen LogP) is 3.17. The number of methoxy groups -OCH3 is 1. The number of rotatable bonds is 3. The quantitative estimate of drug-likeness (QED) is 0.854. The number of ether oxygens (including phenoxy) is 1. The van der Waals surface area contributed by atoms with E-state index < -0.39 is 0 Å². The summed E-state index contributed by atoms with van der Waals surface area (Å²) in [5.74, 6) is 1.35. The Bertz CT molecular complexity index is 640. The van der Waals surface area contributed by atoms with E-state index in [1.54, 1.807) is 13.2 Å². The van der Waals surface area contributed by atoms with Gasteiger partial charge in [0.05, 0.1) is 24.4 Å². The molecule has 2 aromatic carbocycles. The van der Waals surface area contributed by atoms with Crippen LogP contribution in [-0.2, 0) is 0 Å². The molecule has 0 unspecified atom stereocenters. The fraction of sp³-hybridized carbons (Fsp3) is 0.235. The zero-order valence-electron chi connectivity index (χ0n) is 11.4. The third-order valence-corrected chi connectivity index (χ3v) is 3.80. The number of nitriles is 1. The Kier molecular flexibility index (Phi) is 3.30. The normalized spacial score (nSPS) is 14.5. The Morgan fingerprint density at radius 2 is 1.90 bits per heavy atom. The van der Waals surface area contributed by atoms with Crippen molar-refractivity contribution in [1.29, 1.82) is 5.26 Å². The summed E-state index contributed by atoms with van der Waals surface area (Å²) in [5, 5.41) is 8.93. The van der Waals surface area contributed by atoms with Crippen molar-refractivity contribution in [3.8, 4) is 11.8 Å². The Balaban J connectivity index is 1.76. The van der Waals surface area contributed by atoms with Crippen LogP contribution >= 0.6 is 0 Å². The third-order valence-electron chi connectivity index (χ3n) is 3.80. The van der Waals surface area contributed by atoms with Crippen molar-refractivity contribution in [3.63, 3.8) is 0 Å². The molecule has 1 heterocycles. The van der Waals surface area contributed by atoms with Crippen molar-refractivity contribution < 1.29 is 4.74 Å². The maximum absolute atomic E-state index is 8.93. The Morgan fingerprint density at radius 1 is 1.15 bits per heavy atom. The second kappa shape index (κ2) is 5.26. The van der Waals surface area contributed by atoms with Crippen molar-refractivity contribution in [3.05, 3.63) is 59.7 Å². The minimum atomic E-state index is 0.580. The summed E-state index contributed by atoms with van der Waals surface area (Å²) in [7, 11) is 1.65. The highest BCUT2D eigenvalue weighted by Gasteiger charge is 2.29. The molecule has 0 bridgehead atoms. The standard InChI is InChI=1S/C17H16N2O/c1-20-17-9-13(10-18)7-8-16(17)19-11-15(12-19)14-5-3-2-4-6-14/h2-9,15H,11-12H2,1H3. The van der Waals surface area contributed by atoms with Crippen LogP contribution < -0.4 is 9.64 Å². The lowest BCUT2D eigenvalue weighted by Crippen LogP contribution is -2.45. The van der Waals surface area contributed by atoms with E-state index in [9.17, 15) is 0 Å². The van der Waals surface area contributed by atoms with Gasteiger partial charge in [0.2, 0.25) is 0 Å². The van der Waals surface area contributed by atoms with Crippen LogP contribution in [0.3, 0.4) is 0 Å². The first-order valence-corrected chi connectivity index (χ1v) is 6.70. The van der Waals surface area contributed by atoms with Crippen LogP contribution in [-0.4, -0.2) is 20.2 Å². The molecule has 2 aromatic rings. The molecule has 0 radical (unpaired) electrons. The van der Waals surface area contributed by atoms with E-state index in [2.05, 4.69) is 35.2 Å². The molecule has 0 atom stereocenters. The molecule has 100 valence electrons. The van der Waals surface area contributed by atoms with E-state index in [4.69, 9.17) is 10.00 Å². The van der Waals surface area contributed by atoms with Gasteiger partial charge in [0.25, 0.3) is 0 Å². The molecule has 0 amide bonds. The smallest absolute Gasteiger partial charge is 0.143 e. The first-order valence-electron chi connectivity index (χ1n) is 6.70. The van der Waals surface area contributed by atoms with Gasteiger partial charge in [-0.05, 0) is 17.7 Å². The van der Waals surface area contributed by atoms with Crippen molar-refractivity contribution >= 4 is 5.69 Å². The van der Waals surface area contributed by atoms with E-state index in [0.29, 0.717) is 11.5 Å². The monoisotopic (exact) mass is 264 g/mol. The van der Waals surface area contributed by atoms with Crippen molar-refractivity contribution in [1.82, 2.24) is 0 Å². The molecule has 1 aliphatic heterocycles. The van der Waals surface area contributed by atoms with Gasteiger partial charge in [0, 0.05) is 25.1 Å². The molecule has 1 fully saturated rings. The average molecular weight is 264 g/mol. The van der Waals surface area contributed by atoms with E-state index in [1.807, 2.05) is 18.2 Å². The molecular formula is C17H16N2O. The maximum atomic E-state index is 8.93. The van der Waals surface area contributed by atoms with Crippen LogP contribution in [0.4, 0.5) is 5.69 Å². The van der Waals surface area contributed by atoms with Crippen LogP contribution in [0.25, 0.3) is 0 Å². The Hall–Kier alpha value is -2.47. The van der Waals surface area contributed by atoms with Crippen LogP contribution in [0.15, 0.2) is 48.5 Å². The highest BCUT2D eigenvalue weighted by atomic mass is 16.5. The molecule has 0 N–H and O–H groups in total. The van der Waals surface area contributed by atoms with Gasteiger partial charge in [0.15, 0.2) is 0 Å². The number of hydrogen-bond acceptors (Lipinski definition) is 3. The fourth-order valence-electron chi connectivity index (χ4n) is 2.62. The lowest BCUT2D eigenvalue weighted by atomic mass is 9.91. The van der Waals surface area contributed by atoms with Gasteiger partial charge in [-0.25, -0.2) is 0 Å². The lowest BCUT2D eigenvalue weighted by Gasteiger charge is -2.42. The summed E-state index contributed by atoms with van der Waals surface area (Å²) in [4.78, 5) is 2.29. The summed E-state index contributed by atoms with van der Waals surface area (Å²) in [6, 6.07) is 18.3. The highest BCUT2D eigenvalue weighted by molar-refractivity contribution is 5.63. The molecule has 3 nitrogen and oxygen atoms in total. The summed E-state index contributed by atoms with van der Waals surface area (Å²) in [6.07, 6.45) is 0. The Labute approximate surface area is 119 Å². The summed E-state index contributed by atoms with van der Waals surface area (Å²) >= 11 is 0. The molecule has 0 saturated carbocycles. The molecule has 3 rings (SSSR count). The zero-order chi connectivity index (χ0) is 13.9. The molecule has 0 spiro atoms. The first-order chi connectivity index (χ1) is 9.81. The number of hydrogen-bond donors (Lipinski definition) is 0. The third kappa shape index (κ3) is 2.21. The first kappa shape index (κ1) is 12.6. The second-order valence-corrected chi connectivity index (χ2v) is 5.01. The lowest BCUT2D eigenvalue weighted by molar-refractivity contribution is 0.409. The van der Waals surface area contributed by atoms with Crippen molar-refractivity contribution in [2.24, 2.45) is 0 Å². The maximum Gasteiger partial charge on any atom is 0.143 e. The largest absolute Gasteiger partial charge is 0.495 e. The average Bonchev–Trinajstić information content (AvgIpc) is 2.47. The molecule has 20 heavy (non-hydrogen) atoms. The van der Waals surface area contributed by atoms with Gasteiger partial charge in [-0.1, -0.05) is 30.3 Å². The molecule has 0 aromatic heterocycles. The van der Waals surface area contributed by atoms with E-state index in [1.165, 1.54) is 5.56 Å². The van der Waals surface area contributed by atoms with Crippen LogP contribution in [0.1, 0.15) is 17.0 Å². The minimum absolute atomic E-state index is 0.580. The zero-order valence-corrected chi connectivity index (χ0v) is 11.4. The predicted molar refractivity (Wildman–Crippen MR) is 79.1 cm³/mol. The van der Waals surface area contributed by atoms with Gasteiger partial charge in [0.1, 0.15) is 5.75 Å². The summed E-state index contributed by atoms with van der Waals surface area (Å²) in [5.41, 5.74) is 3.08. The number of anilines is 1. The molecular weight excluding hydrogens is 248 g/mol. The highest BCUT2D eigenvalue weighted by Crippen LogP contribution is 2.37. The SMILES string of the molecule is COc1cc(C#N)ccc1N1CC(c2ccccc2)C1. The van der Waals surface area contributed by atoms with Crippen LogP contribution in [0.2, 0.25) is 0 Å². The fourth-order valence-corrected chi connectivity index (χ4v) is 2.62. The molecule has 1 saturated heterocycles. The minimum Gasteiger partial charge on any atom is -0.495 e. The van der Waals surface area contributed by atoms with Crippen molar-refractivity contribution in [2.75, 3.05) is 25.1 Å². The van der Waals surface area contributed by atoms with Gasteiger partial charge in [-0.15, -0.1) is 0 Å². The molecule has 1 aliphatic rings. The Morgan fingerprint density at radius 3 is 2.55 bits per heavy atom. The second-order valence-electron chi connectivity index (χ2n) is 5.01. The number of benzene rings is 2. The topological polar surface area (TPSA) is 36.3 Å². The van der Waals surface area contributed by atoms with Crippen molar-refractivity contribution in [2.45, 2.75) is 5.92 Å². The number of nitrogens with zero attached hydrogens (tertiary/aromatic N) is 2. The van der Waals surface area contributed by atoms with E-state index in [-0.39, 0.29) is 0 Å². The molecule has 0 aliphatic carbocycles. The van der Waals surface area contributed by atoms with Gasteiger partial charge < -0.3 is 9.64 Å². The van der Waals surface area contributed by atoms with E-state index in [0.717, 1.165) is 24.5 Å². The van der Waals surface area contributed by atoms with Crippen LogP contribution in [0.5, 0.6) is 5.75 Å². The summed E-state index contributed by atoms with van der Waals surface area (Å²) < 4.78 is 5.39. The van der Waals surface area contributed by atoms with Crippen LogP contribution in [0, 0.1) is 11.3 Å².